The number of hydrogen-bond donors (Lipinski definition) is 0. The van der Waals surface area contributed by atoms with Gasteiger partial charge in [-0.05, 0) is 24.2 Å². The van der Waals surface area contributed by atoms with Crippen LogP contribution in [-0.2, 0) is 13.0 Å². The molecule has 0 fully saturated rings. The van der Waals surface area contributed by atoms with Crippen LogP contribution in [0.5, 0.6) is 5.75 Å². The number of benzene rings is 1. The normalized spacial score (nSPS) is 14.9. The van der Waals surface area contributed by atoms with Gasteiger partial charge in [0, 0.05) is 13.0 Å². The van der Waals surface area contributed by atoms with Gasteiger partial charge in [0.1, 0.15) is 5.75 Å². The first-order valence-corrected chi connectivity index (χ1v) is 5.44. The van der Waals surface area contributed by atoms with Gasteiger partial charge in [-0.1, -0.05) is 12.1 Å². The number of nitrogens with zero attached hydrogens (tertiary/aromatic N) is 1. The van der Waals surface area contributed by atoms with Crippen molar-refractivity contribution in [2.75, 3.05) is 20.2 Å². The van der Waals surface area contributed by atoms with Crippen molar-refractivity contribution in [3.8, 4) is 5.75 Å². The van der Waals surface area contributed by atoms with Gasteiger partial charge in [-0.25, -0.2) is 0 Å². The van der Waals surface area contributed by atoms with E-state index in [0.29, 0.717) is 13.2 Å². The first-order valence-electron chi connectivity index (χ1n) is 5.44. The Morgan fingerprint density at radius 1 is 1.35 bits per heavy atom. The van der Waals surface area contributed by atoms with Crippen LogP contribution < -0.4 is 4.74 Å². The molecule has 94 valence electrons. The molecule has 0 aliphatic carbocycles. The van der Waals surface area contributed by atoms with E-state index in [1.165, 1.54) is 11.9 Å². The van der Waals surface area contributed by atoms with Gasteiger partial charge in [0.15, 0.2) is 0 Å². The number of hydrogen-bond acceptors (Lipinski definition) is 2. The highest BCUT2D eigenvalue weighted by atomic mass is 19.4. The molecule has 0 aromatic heterocycles. The zero-order valence-corrected chi connectivity index (χ0v) is 9.55. The maximum absolute atomic E-state index is 12.2. The second-order valence-corrected chi connectivity index (χ2v) is 4.33. The number of rotatable bonds is 3. The third kappa shape index (κ3) is 3.36. The van der Waals surface area contributed by atoms with E-state index in [9.17, 15) is 13.2 Å². The maximum Gasteiger partial charge on any atom is 0.401 e. The van der Waals surface area contributed by atoms with Crippen LogP contribution in [0.15, 0.2) is 18.2 Å². The Balaban J connectivity index is 1.99. The molecule has 1 heterocycles. The van der Waals surface area contributed by atoms with Crippen molar-refractivity contribution in [1.82, 2.24) is 4.90 Å². The van der Waals surface area contributed by atoms with Crippen molar-refractivity contribution >= 4 is 0 Å². The number of ether oxygens (including phenoxy) is 1. The monoisotopic (exact) mass is 245 g/mol. The SMILES string of the molecule is CN(Cc1ccc2c(c1)CCO2)CC(F)(F)F. The average Bonchev–Trinajstić information content (AvgIpc) is 2.61. The molecule has 2 rings (SSSR count). The summed E-state index contributed by atoms with van der Waals surface area (Å²) in [5.74, 6) is 0.854. The summed E-state index contributed by atoms with van der Waals surface area (Å²) < 4.78 is 41.8. The predicted octanol–water partition coefficient (Wildman–Crippen LogP) is 2.62. The molecule has 0 radical (unpaired) electrons. The van der Waals surface area contributed by atoms with E-state index < -0.39 is 12.7 Å². The third-order valence-electron chi connectivity index (χ3n) is 2.66. The lowest BCUT2D eigenvalue weighted by Gasteiger charge is -2.18. The van der Waals surface area contributed by atoms with Crippen LogP contribution in [0.4, 0.5) is 13.2 Å². The smallest absolute Gasteiger partial charge is 0.401 e. The van der Waals surface area contributed by atoms with E-state index in [-0.39, 0.29) is 0 Å². The number of alkyl halides is 3. The summed E-state index contributed by atoms with van der Waals surface area (Å²) in [6.07, 6.45) is -3.30. The van der Waals surface area contributed by atoms with Gasteiger partial charge in [-0.3, -0.25) is 4.90 Å². The van der Waals surface area contributed by atoms with Crippen molar-refractivity contribution in [3.63, 3.8) is 0 Å². The second kappa shape index (κ2) is 4.56. The Morgan fingerprint density at radius 2 is 2.12 bits per heavy atom. The summed E-state index contributed by atoms with van der Waals surface area (Å²) in [6, 6.07) is 5.57. The molecule has 1 aromatic carbocycles. The Bertz CT molecular complexity index is 403. The summed E-state index contributed by atoms with van der Waals surface area (Å²) >= 11 is 0. The molecule has 0 spiro atoms. The minimum Gasteiger partial charge on any atom is -0.493 e. The van der Waals surface area contributed by atoms with Crippen LogP contribution in [-0.4, -0.2) is 31.3 Å². The second-order valence-electron chi connectivity index (χ2n) is 4.33. The van der Waals surface area contributed by atoms with Gasteiger partial charge in [-0.2, -0.15) is 13.2 Å². The van der Waals surface area contributed by atoms with Crippen molar-refractivity contribution in [3.05, 3.63) is 29.3 Å². The molecule has 2 nitrogen and oxygen atoms in total. The number of halogens is 3. The fourth-order valence-electron chi connectivity index (χ4n) is 2.01. The van der Waals surface area contributed by atoms with Crippen LogP contribution >= 0.6 is 0 Å². The molecule has 1 aromatic rings. The Labute approximate surface area is 98.0 Å². The quantitative estimate of drug-likeness (QED) is 0.811. The standard InChI is InChI=1S/C12H14F3NO/c1-16(8-12(13,14)15)7-9-2-3-11-10(6-9)4-5-17-11/h2-3,6H,4-5,7-8H2,1H3. The predicted molar refractivity (Wildman–Crippen MR) is 58.0 cm³/mol. The summed E-state index contributed by atoms with van der Waals surface area (Å²) in [4.78, 5) is 1.26. The molecule has 0 amide bonds. The highest BCUT2D eigenvalue weighted by Crippen LogP contribution is 2.26. The molecule has 1 aliphatic rings. The average molecular weight is 245 g/mol. The van der Waals surface area contributed by atoms with Crippen molar-refractivity contribution in [2.45, 2.75) is 19.1 Å². The minimum absolute atomic E-state index is 0.298. The highest BCUT2D eigenvalue weighted by molar-refractivity contribution is 5.39. The van der Waals surface area contributed by atoms with Gasteiger partial charge in [0.25, 0.3) is 0 Å². The first kappa shape index (κ1) is 12.2. The first-order chi connectivity index (χ1) is 7.94. The van der Waals surface area contributed by atoms with E-state index in [1.807, 2.05) is 18.2 Å². The Kier molecular flexibility index (Phi) is 3.28. The minimum atomic E-state index is -4.14. The molecule has 1 aliphatic heterocycles. The van der Waals surface area contributed by atoms with Crippen LogP contribution in [0.2, 0.25) is 0 Å². The van der Waals surface area contributed by atoms with Crippen molar-refractivity contribution < 1.29 is 17.9 Å². The van der Waals surface area contributed by atoms with E-state index >= 15 is 0 Å². The molecule has 0 saturated carbocycles. The molecule has 17 heavy (non-hydrogen) atoms. The Morgan fingerprint density at radius 3 is 2.82 bits per heavy atom. The molecule has 5 heteroatoms. The fourth-order valence-corrected chi connectivity index (χ4v) is 2.01. The van der Waals surface area contributed by atoms with Crippen molar-refractivity contribution in [2.24, 2.45) is 0 Å². The summed E-state index contributed by atoms with van der Waals surface area (Å²) in [6.45, 7) is 0.0740. The van der Waals surface area contributed by atoms with Crippen LogP contribution in [0.25, 0.3) is 0 Å². The van der Waals surface area contributed by atoms with E-state index in [1.54, 1.807) is 0 Å². The van der Waals surface area contributed by atoms with Gasteiger partial charge in [-0.15, -0.1) is 0 Å². The van der Waals surface area contributed by atoms with E-state index in [2.05, 4.69) is 0 Å². The summed E-state index contributed by atoms with van der Waals surface area (Å²) in [7, 11) is 1.47. The largest absolute Gasteiger partial charge is 0.493 e. The molecule has 0 atom stereocenters. The van der Waals surface area contributed by atoms with Gasteiger partial charge < -0.3 is 4.74 Å². The summed E-state index contributed by atoms with van der Waals surface area (Å²) in [5.41, 5.74) is 1.98. The maximum atomic E-state index is 12.2. The molecule has 0 N–H and O–H groups in total. The number of fused-ring (bicyclic) bond motifs is 1. The molecule has 0 bridgehead atoms. The van der Waals surface area contributed by atoms with E-state index in [0.717, 1.165) is 23.3 Å². The zero-order valence-electron chi connectivity index (χ0n) is 9.55. The molecular weight excluding hydrogens is 231 g/mol. The fraction of sp³-hybridized carbons (Fsp3) is 0.500. The highest BCUT2D eigenvalue weighted by Gasteiger charge is 2.29. The lowest BCUT2D eigenvalue weighted by atomic mass is 10.1. The van der Waals surface area contributed by atoms with Crippen molar-refractivity contribution in [1.29, 1.82) is 0 Å². The van der Waals surface area contributed by atoms with Crippen LogP contribution in [0.1, 0.15) is 11.1 Å². The molecule has 0 unspecified atom stereocenters. The lowest BCUT2D eigenvalue weighted by Crippen LogP contribution is -2.30. The zero-order chi connectivity index (χ0) is 12.5. The van der Waals surface area contributed by atoms with Gasteiger partial charge >= 0.3 is 6.18 Å². The molecule has 0 saturated heterocycles. The topological polar surface area (TPSA) is 12.5 Å². The Hall–Kier alpha value is -1.23. The van der Waals surface area contributed by atoms with E-state index in [4.69, 9.17) is 4.74 Å². The van der Waals surface area contributed by atoms with Gasteiger partial charge in [0.05, 0.1) is 13.2 Å². The third-order valence-corrected chi connectivity index (χ3v) is 2.66. The van der Waals surface area contributed by atoms with Crippen LogP contribution in [0, 0.1) is 0 Å². The summed E-state index contributed by atoms with van der Waals surface area (Å²) in [5, 5.41) is 0. The van der Waals surface area contributed by atoms with Gasteiger partial charge in [0.2, 0.25) is 0 Å². The van der Waals surface area contributed by atoms with Crippen LogP contribution in [0.3, 0.4) is 0 Å². The molecular formula is C12H14F3NO. The lowest BCUT2D eigenvalue weighted by molar-refractivity contribution is -0.144.